The van der Waals surface area contributed by atoms with Crippen LogP contribution in [-0.2, 0) is 4.74 Å². The van der Waals surface area contributed by atoms with E-state index in [1.54, 1.807) is 25.1 Å². The number of hydrogen-bond acceptors (Lipinski definition) is 4. The van der Waals surface area contributed by atoms with E-state index in [1.165, 1.54) is 10.9 Å². The second-order valence-corrected chi connectivity index (χ2v) is 4.52. The van der Waals surface area contributed by atoms with E-state index in [2.05, 4.69) is 5.10 Å². The summed E-state index contributed by atoms with van der Waals surface area (Å²) in [6, 6.07) is 4.89. The maximum Gasteiger partial charge on any atom is 0.343 e. The molecule has 0 aliphatic heterocycles. The van der Waals surface area contributed by atoms with Gasteiger partial charge in [-0.15, -0.1) is 0 Å². The fourth-order valence-electron chi connectivity index (χ4n) is 1.56. The highest BCUT2D eigenvalue weighted by Crippen LogP contribution is 2.27. The molecule has 1 aromatic carbocycles. The van der Waals surface area contributed by atoms with Crippen LogP contribution in [0.5, 0.6) is 0 Å². The van der Waals surface area contributed by atoms with Gasteiger partial charge >= 0.3 is 5.97 Å². The lowest BCUT2D eigenvalue weighted by molar-refractivity contribution is 0.0527. The van der Waals surface area contributed by atoms with Crippen molar-refractivity contribution in [2.45, 2.75) is 6.92 Å². The number of nitrogen functional groups attached to an aromatic ring is 1. The van der Waals surface area contributed by atoms with Gasteiger partial charge in [0.2, 0.25) is 0 Å². The third kappa shape index (κ3) is 2.67. The summed E-state index contributed by atoms with van der Waals surface area (Å²) in [7, 11) is 0. The molecule has 1 heterocycles. The largest absolute Gasteiger partial charge is 0.462 e. The van der Waals surface area contributed by atoms with Crippen LogP contribution in [0.2, 0.25) is 10.0 Å². The topological polar surface area (TPSA) is 70.1 Å². The maximum absolute atomic E-state index is 11.6. The second kappa shape index (κ2) is 5.50. The summed E-state index contributed by atoms with van der Waals surface area (Å²) in [6.07, 6.45) is 1.34. The monoisotopic (exact) mass is 299 g/mol. The minimum Gasteiger partial charge on any atom is -0.462 e. The van der Waals surface area contributed by atoms with Crippen LogP contribution in [0.15, 0.2) is 24.4 Å². The predicted molar refractivity (Wildman–Crippen MR) is 74.0 cm³/mol. The fourth-order valence-corrected chi connectivity index (χ4v) is 1.93. The lowest BCUT2D eigenvalue weighted by Crippen LogP contribution is -2.09. The van der Waals surface area contributed by atoms with E-state index in [9.17, 15) is 4.79 Å². The summed E-state index contributed by atoms with van der Waals surface area (Å²) in [4.78, 5) is 11.6. The summed E-state index contributed by atoms with van der Waals surface area (Å²) >= 11 is 12.0. The van der Waals surface area contributed by atoms with Gasteiger partial charge in [-0.25, -0.2) is 9.48 Å². The van der Waals surface area contributed by atoms with Crippen LogP contribution in [0.3, 0.4) is 0 Å². The van der Waals surface area contributed by atoms with E-state index in [1.807, 2.05) is 0 Å². The summed E-state index contributed by atoms with van der Waals surface area (Å²) in [6.45, 7) is 1.98. The Bertz CT molecular complexity index is 625. The Hall–Kier alpha value is -1.72. The third-order valence-corrected chi connectivity index (χ3v) is 2.99. The van der Waals surface area contributed by atoms with E-state index < -0.39 is 5.97 Å². The molecule has 0 spiro atoms. The average Bonchev–Trinajstić information content (AvgIpc) is 2.74. The molecule has 0 fully saturated rings. The van der Waals surface area contributed by atoms with Crippen molar-refractivity contribution >= 4 is 35.0 Å². The molecule has 0 radical (unpaired) electrons. The number of hydrogen-bond donors (Lipinski definition) is 1. The number of carbonyl (C=O) groups excluding carboxylic acids is 1. The summed E-state index contributed by atoms with van der Waals surface area (Å²) < 4.78 is 6.23. The molecule has 2 N–H and O–H groups in total. The Morgan fingerprint density at radius 2 is 2.21 bits per heavy atom. The molecule has 0 unspecified atom stereocenters. The maximum atomic E-state index is 11.6. The Morgan fingerprint density at radius 1 is 1.47 bits per heavy atom. The van der Waals surface area contributed by atoms with Crippen molar-refractivity contribution in [2.75, 3.05) is 12.3 Å². The van der Waals surface area contributed by atoms with E-state index >= 15 is 0 Å². The Morgan fingerprint density at radius 3 is 2.89 bits per heavy atom. The molecule has 5 nitrogen and oxygen atoms in total. The molecule has 0 aliphatic rings. The molecule has 0 aliphatic carbocycles. The van der Waals surface area contributed by atoms with E-state index in [-0.39, 0.29) is 18.0 Å². The number of rotatable bonds is 3. The molecule has 0 saturated heterocycles. The van der Waals surface area contributed by atoms with Crippen molar-refractivity contribution in [3.05, 3.63) is 40.0 Å². The van der Waals surface area contributed by atoms with Crippen LogP contribution in [0.1, 0.15) is 17.3 Å². The molecule has 0 saturated carbocycles. The van der Waals surface area contributed by atoms with Crippen LogP contribution >= 0.6 is 23.2 Å². The van der Waals surface area contributed by atoms with E-state index in [0.717, 1.165) is 0 Å². The Kier molecular flexibility index (Phi) is 3.97. The molecular formula is C12H11Cl2N3O2. The molecular weight excluding hydrogens is 289 g/mol. The molecule has 2 aromatic rings. The summed E-state index contributed by atoms with van der Waals surface area (Å²) in [5.41, 5.74) is 6.58. The van der Waals surface area contributed by atoms with Crippen molar-refractivity contribution in [2.24, 2.45) is 0 Å². The van der Waals surface area contributed by atoms with Gasteiger partial charge in [-0.2, -0.15) is 5.10 Å². The zero-order valence-corrected chi connectivity index (χ0v) is 11.6. The van der Waals surface area contributed by atoms with Crippen molar-refractivity contribution in [3.63, 3.8) is 0 Å². The number of nitrogens with zero attached hydrogens (tertiary/aromatic N) is 2. The third-order valence-electron chi connectivity index (χ3n) is 2.44. The average molecular weight is 300 g/mol. The zero-order chi connectivity index (χ0) is 14.0. The van der Waals surface area contributed by atoms with Gasteiger partial charge < -0.3 is 10.5 Å². The highest BCUT2D eigenvalue weighted by atomic mass is 35.5. The first kappa shape index (κ1) is 13.7. The molecule has 19 heavy (non-hydrogen) atoms. The molecule has 0 amide bonds. The molecule has 100 valence electrons. The molecule has 1 aromatic heterocycles. The first-order valence-electron chi connectivity index (χ1n) is 5.50. The van der Waals surface area contributed by atoms with Crippen molar-refractivity contribution in [1.29, 1.82) is 0 Å². The number of benzene rings is 1. The minimum atomic E-state index is -0.524. The van der Waals surface area contributed by atoms with Gasteiger partial charge in [-0.05, 0) is 25.1 Å². The molecule has 7 heteroatoms. The molecule has 0 atom stereocenters. The number of nitrogens with two attached hydrogens (primary N) is 1. The van der Waals surface area contributed by atoms with E-state index in [0.29, 0.717) is 15.7 Å². The van der Waals surface area contributed by atoms with E-state index in [4.69, 9.17) is 33.7 Å². The number of ether oxygens (including phenoxy) is 1. The van der Waals surface area contributed by atoms with Gasteiger partial charge in [0.25, 0.3) is 0 Å². The Labute approximate surface area is 119 Å². The number of esters is 1. The van der Waals surface area contributed by atoms with Gasteiger partial charge in [0.15, 0.2) is 0 Å². The van der Waals surface area contributed by atoms with Crippen LogP contribution in [0.4, 0.5) is 5.82 Å². The lowest BCUT2D eigenvalue weighted by atomic mass is 10.3. The van der Waals surface area contributed by atoms with Crippen molar-refractivity contribution < 1.29 is 9.53 Å². The smallest absolute Gasteiger partial charge is 0.343 e. The van der Waals surface area contributed by atoms with Crippen molar-refractivity contribution in [1.82, 2.24) is 9.78 Å². The van der Waals surface area contributed by atoms with Gasteiger partial charge in [0.1, 0.15) is 11.4 Å². The Balaban J connectivity index is 2.47. The van der Waals surface area contributed by atoms with Crippen LogP contribution in [0, 0.1) is 0 Å². The van der Waals surface area contributed by atoms with Gasteiger partial charge in [-0.1, -0.05) is 23.2 Å². The SMILES string of the molecule is CCOC(=O)c1cnn(-c2cc(Cl)ccc2Cl)c1N. The number of anilines is 1. The summed E-state index contributed by atoms with van der Waals surface area (Å²) in [5.74, 6) is -0.369. The van der Waals surface area contributed by atoms with Gasteiger partial charge in [0.05, 0.1) is 23.5 Å². The second-order valence-electron chi connectivity index (χ2n) is 3.67. The predicted octanol–water partition coefficient (Wildman–Crippen LogP) is 2.94. The highest BCUT2D eigenvalue weighted by Gasteiger charge is 2.18. The zero-order valence-electron chi connectivity index (χ0n) is 10.1. The lowest BCUT2D eigenvalue weighted by Gasteiger charge is -2.07. The number of carbonyl (C=O) groups is 1. The van der Waals surface area contributed by atoms with Gasteiger partial charge in [0, 0.05) is 5.02 Å². The van der Waals surface area contributed by atoms with Crippen molar-refractivity contribution in [3.8, 4) is 5.69 Å². The van der Waals surface area contributed by atoms with Crippen LogP contribution < -0.4 is 5.73 Å². The molecule has 0 bridgehead atoms. The van der Waals surface area contributed by atoms with Crippen LogP contribution in [0.25, 0.3) is 5.69 Å². The first-order valence-corrected chi connectivity index (χ1v) is 6.26. The minimum absolute atomic E-state index is 0.155. The number of halogens is 2. The standard InChI is InChI=1S/C12H11Cl2N3O2/c1-2-19-12(18)8-6-16-17(11(8)15)10-5-7(13)3-4-9(10)14/h3-6H,2,15H2,1H3. The quantitative estimate of drug-likeness (QED) is 0.885. The number of aromatic nitrogens is 2. The summed E-state index contributed by atoms with van der Waals surface area (Å²) in [5, 5.41) is 4.96. The fraction of sp³-hybridized carbons (Fsp3) is 0.167. The first-order chi connectivity index (χ1) is 9.04. The highest BCUT2D eigenvalue weighted by molar-refractivity contribution is 6.34. The van der Waals surface area contributed by atoms with Crippen LogP contribution in [-0.4, -0.2) is 22.4 Å². The molecule has 2 rings (SSSR count). The van der Waals surface area contributed by atoms with Gasteiger partial charge in [-0.3, -0.25) is 0 Å². The normalized spacial score (nSPS) is 10.5.